The van der Waals surface area contributed by atoms with Gasteiger partial charge >= 0.3 is 0 Å². The highest BCUT2D eigenvalue weighted by Gasteiger charge is 2.51. The van der Waals surface area contributed by atoms with Gasteiger partial charge in [-0.05, 0) is 19.8 Å². The molecule has 0 aliphatic carbocycles. The van der Waals surface area contributed by atoms with Crippen molar-refractivity contribution in [2.24, 2.45) is 5.41 Å². The molecule has 1 aromatic rings. The summed E-state index contributed by atoms with van der Waals surface area (Å²) in [5.41, 5.74) is -0.547. The second-order valence-corrected chi connectivity index (χ2v) is 4.68. The summed E-state index contributed by atoms with van der Waals surface area (Å²) in [7, 11) is 0. The minimum absolute atomic E-state index is 0.116. The molecule has 0 spiro atoms. The third kappa shape index (κ3) is 1.70. The molecule has 1 N–H and O–H groups in total. The molecule has 1 aliphatic rings. The number of carbonyl (C=O) groups excluding carboxylic acids is 2. The van der Waals surface area contributed by atoms with Crippen LogP contribution in [0.5, 0.6) is 0 Å². The third-order valence-corrected chi connectivity index (χ3v) is 3.91. The van der Waals surface area contributed by atoms with Gasteiger partial charge in [-0.1, -0.05) is 19.1 Å². The van der Waals surface area contributed by atoms with E-state index in [-0.39, 0.29) is 18.2 Å². The van der Waals surface area contributed by atoms with E-state index in [0.717, 1.165) is 0 Å². The molecule has 0 saturated carbocycles. The lowest BCUT2D eigenvalue weighted by atomic mass is 9.81. The number of imide groups is 1. The second-order valence-electron chi connectivity index (χ2n) is 4.68. The van der Waals surface area contributed by atoms with Gasteiger partial charge < -0.3 is 0 Å². The van der Waals surface area contributed by atoms with Crippen LogP contribution in [0.15, 0.2) is 0 Å². The van der Waals surface area contributed by atoms with E-state index in [2.05, 4.69) is 20.6 Å². The van der Waals surface area contributed by atoms with Crippen LogP contribution >= 0.6 is 0 Å². The Balaban J connectivity index is 2.30. The molecule has 1 atom stereocenters. The summed E-state index contributed by atoms with van der Waals surface area (Å²) in [5, 5.41) is 13.5. The topological polar surface area (TPSA) is 91.8 Å². The molecule has 2 rings (SSSR count). The highest BCUT2D eigenvalue weighted by Crippen LogP contribution is 2.41. The maximum Gasteiger partial charge on any atom is 0.236 e. The lowest BCUT2D eigenvalue weighted by Gasteiger charge is -2.25. The number of hydrogen-bond donors (Lipinski definition) is 1. The summed E-state index contributed by atoms with van der Waals surface area (Å²) in [5.74, 6) is 0.0931. The minimum Gasteiger partial charge on any atom is -0.274 e. The molecular weight excluding hydrogens is 234 g/mol. The molecular formula is C11H17N5O2. The monoisotopic (exact) mass is 251 g/mol. The maximum atomic E-state index is 12.5. The Kier molecular flexibility index (Phi) is 3.14. The number of hydrogen-bond acceptors (Lipinski definition) is 5. The average molecular weight is 251 g/mol. The number of likely N-dealkylation sites (tertiary alicyclic amines) is 1. The molecule has 98 valence electrons. The quantitative estimate of drug-likeness (QED) is 0.800. The third-order valence-electron chi connectivity index (χ3n) is 3.91. The van der Waals surface area contributed by atoms with Gasteiger partial charge in [0.05, 0.1) is 5.41 Å². The smallest absolute Gasteiger partial charge is 0.236 e. The molecule has 2 heterocycles. The number of nitrogens with zero attached hydrogens (tertiary/aromatic N) is 4. The summed E-state index contributed by atoms with van der Waals surface area (Å²) in [6, 6.07) is -0.469. The lowest BCUT2D eigenvalue weighted by molar-refractivity contribution is -0.144. The zero-order valence-corrected chi connectivity index (χ0v) is 10.8. The van der Waals surface area contributed by atoms with E-state index in [9.17, 15) is 9.59 Å². The minimum atomic E-state index is -0.547. The molecule has 7 heteroatoms. The van der Waals surface area contributed by atoms with E-state index >= 15 is 0 Å². The first-order chi connectivity index (χ1) is 8.55. The Morgan fingerprint density at radius 2 is 2.06 bits per heavy atom. The number of carbonyl (C=O) groups is 2. The first kappa shape index (κ1) is 12.7. The van der Waals surface area contributed by atoms with Gasteiger partial charge in [0.1, 0.15) is 6.04 Å². The lowest BCUT2D eigenvalue weighted by Crippen LogP contribution is -2.37. The van der Waals surface area contributed by atoms with Crippen molar-refractivity contribution in [3.05, 3.63) is 5.82 Å². The van der Waals surface area contributed by atoms with Gasteiger partial charge in [-0.2, -0.15) is 5.21 Å². The van der Waals surface area contributed by atoms with Crippen LogP contribution in [0.4, 0.5) is 0 Å². The van der Waals surface area contributed by atoms with Crippen LogP contribution in [0.1, 0.15) is 51.9 Å². The van der Waals surface area contributed by atoms with Crippen LogP contribution in [-0.4, -0.2) is 37.3 Å². The molecule has 0 bridgehead atoms. The Morgan fingerprint density at radius 1 is 1.39 bits per heavy atom. The first-order valence-corrected chi connectivity index (χ1v) is 6.15. The molecule has 2 amide bonds. The van der Waals surface area contributed by atoms with Crippen molar-refractivity contribution in [1.29, 1.82) is 0 Å². The highest BCUT2D eigenvalue weighted by molar-refractivity contribution is 6.06. The summed E-state index contributed by atoms with van der Waals surface area (Å²) in [6.07, 6.45) is 1.62. The molecule has 1 unspecified atom stereocenters. The van der Waals surface area contributed by atoms with Crippen LogP contribution in [-0.2, 0) is 9.59 Å². The zero-order valence-electron chi connectivity index (χ0n) is 10.8. The Labute approximate surface area is 105 Å². The fraction of sp³-hybridized carbons (Fsp3) is 0.727. The van der Waals surface area contributed by atoms with E-state index < -0.39 is 11.5 Å². The van der Waals surface area contributed by atoms with Crippen LogP contribution in [0.25, 0.3) is 0 Å². The number of aromatic nitrogens is 4. The Hall–Kier alpha value is -1.79. The van der Waals surface area contributed by atoms with Crippen molar-refractivity contribution in [1.82, 2.24) is 25.5 Å². The largest absolute Gasteiger partial charge is 0.274 e. The van der Waals surface area contributed by atoms with Crippen molar-refractivity contribution in [2.45, 2.75) is 46.1 Å². The first-order valence-electron chi connectivity index (χ1n) is 6.15. The number of aromatic amines is 1. The van der Waals surface area contributed by atoms with Gasteiger partial charge in [-0.15, -0.1) is 10.2 Å². The van der Waals surface area contributed by atoms with E-state index in [0.29, 0.717) is 18.7 Å². The molecule has 1 aromatic heterocycles. The van der Waals surface area contributed by atoms with Crippen molar-refractivity contribution in [3.8, 4) is 0 Å². The summed E-state index contributed by atoms with van der Waals surface area (Å²) in [6.45, 7) is 5.62. The van der Waals surface area contributed by atoms with Crippen LogP contribution in [0.3, 0.4) is 0 Å². The number of H-pyrrole nitrogens is 1. The van der Waals surface area contributed by atoms with Crippen molar-refractivity contribution < 1.29 is 9.59 Å². The van der Waals surface area contributed by atoms with Crippen LogP contribution < -0.4 is 0 Å². The normalized spacial score (nSPS) is 20.5. The highest BCUT2D eigenvalue weighted by atomic mass is 16.2. The van der Waals surface area contributed by atoms with E-state index in [4.69, 9.17) is 0 Å². The number of rotatable bonds is 4. The summed E-state index contributed by atoms with van der Waals surface area (Å²) in [4.78, 5) is 25.8. The van der Waals surface area contributed by atoms with Crippen molar-refractivity contribution >= 4 is 11.8 Å². The van der Waals surface area contributed by atoms with Gasteiger partial charge in [-0.25, -0.2) is 0 Å². The summed E-state index contributed by atoms with van der Waals surface area (Å²) < 4.78 is 0. The number of amides is 2. The molecule has 1 fully saturated rings. The second kappa shape index (κ2) is 4.47. The fourth-order valence-electron chi connectivity index (χ4n) is 2.48. The molecule has 1 saturated heterocycles. The van der Waals surface area contributed by atoms with Gasteiger partial charge in [0.25, 0.3) is 0 Å². The van der Waals surface area contributed by atoms with Crippen molar-refractivity contribution in [2.75, 3.05) is 0 Å². The maximum absolute atomic E-state index is 12.5. The molecule has 0 radical (unpaired) electrons. The van der Waals surface area contributed by atoms with E-state index in [1.54, 1.807) is 6.92 Å². The molecule has 1 aliphatic heterocycles. The molecule has 7 nitrogen and oxygen atoms in total. The van der Waals surface area contributed by atoms with E-state index in [1.807, 2.05) is 13.8 Å². The van der Waals surface area contributed by atoms with Crippen LogP contribution in [0.2, 0.25) is 0 Å². The SMILES string of the molecule is CCC1(CC)CC(=O)N(C(C)c2nn[nH]n2)C1=O. The average Bonchev–Trinajstić information content (AvgIpc) is 2.96. The van der Waals surface area contributed by atoms with Crippen LogP contribution in [0, 0.1) is 5.41 Å². The van der Waals surface area contributed by atoms with Gasteiger partial charge in [0, 0.05) is 6.42 Å². The number of tetrazole rings is 1. The van der Waals surface area contributed by atoms with Gasteiger partial charge in [0.2, 0.25) is 11.8 Å². The predicted octanol–water partition coefficient (Wildman–Crippen LogP) is 0.826. The standard InChI is InChI=1S/C11H17N5O2/c1-4-11(5-2)6-8(17)16(10(11)18)7(3)9-12-14-15-13-9/h7H,4-6H2,1-3H3,(H,12,13,14,15). The Bertz CT molecular complexity index is 452. The van der Waals surface area contributed by atoms with Crippen molar-refractivity contribution in [3.63, 3.8) is 0 Å². The molecule has 18 heavy (non-hydrogen) atoms. The zero-order chi connectivity index (χ0) is 13.3. The van der Waals surface area contributed by atoms with E-state index in [1.165, 1.54) is 4.90 Å². The Morgan fingerprint density at radius 3 is 2.50 bits per heavy atom. The fourth-order valence-corrected chi connectivity index (χ4v) is 2.48. The van der Waals surface area contributed by atoms with Gasteiger partial charge in [0.15, 0.2) is 5.82 Å². The number of nitrogens with one attached hydrogen (secondary N) is 1. The van der Waals surface area contributed by atoms with Gasteiger partial charge in [-0.3, -0.25) is 14.5 Å². The predicted molar refractivity (Wildman–Crippen MR) is 62.1 cm³/mol. The summed E-state index contributed by atoms with van der Waals surface area (Å²) >= 11 is 0. The molecule has 0 aromatic carbocycles.